The number of nitrogens with one attached hydrogen (secondary N) is 4. The number of ether oxygens (including phenoxy) is 1. The Balaban J connectivity index is 1.14. The van der Waals surface area contributed by atoms with Crippen molar-refractivity contribution in [1.82, 2.24) is 20.6 Å². The van der Waals surface area contributed by atoms with Crippen LogP contribution in [-0.2, 0) is 0 Å². The van der Waals surface area contributed by atoms with Crippen molar-refractivity contribution in [3.8, 4) is 34.0 Å². The molecule has 0 radical (unpaired) electrons. The number of carbonyl (C=O) groups excluding carboxylic acids is 2. The number of hydrogen-bond donors (Lipinski definition) is 4. The number of aromatic amines is 2. The summed E-state index contributed by atoms with van der Waals surface area (Å²) in [6.07, 6.45) is 0. The van der Waals surface area contributed by atoms with Gasteiger partial charge in [-0.3, -0.25) is 9.59 Å². The second kappa shape index (κ2) is 11.1. The van der Waals surface area contributed by atoms with Crippen LogP contribution in [0.15, 0.2) is 97.1 Å². The van der Waals surface area contributed by atoms with E-state index in [4.69, 9.17) is 4.74 Å². The van der Waals surface area contributed by atoms with E-state index in [-0.39, 0.29) is 11.8 Å². The van der Waals surface area contributed by atoms with Gasteiger partial charge in [0.25, 0.3) is 11.8 Å². The zero-order chi connectivity index (χ0) is 28.3. The molecule has 0 unspecified atom stereocenters. The number of amides is 2. The third-order valence-corrected chi connectivity index (χ3v) is 7.01. The summed E-state index contributed by atoms with van der Waals surface area (Å²) in [5, 5.41) is 7.77. The van der Waals surface area contributed by atoms with Crippen LogP contribution in [0, 0.1) is 0 Å². The van der Waals surface area contributed by atoms with Gasteiger partial charge in [-0.1, -0.05) is 12.1 Å². The fourth-order valence-electron chi connectivity index (χ4n) is 4.91. The molecule has 0 aliphatic rings. The van der Waals surface area contributed by atoms with Gasteiger partial charge in [0.15, 0.2) is 0 Å². The summed E-state index contributed by atoms with van der Waals surface area (Å²) in [6.45, 7) is 5.00. The van der Waals surface area contributed by atoms with E-state index < -0.39 is 0 Å². The number of H-pyrrole nitrogens is 2. The average molecular weight is 543 g/mol. The van der Waals surface area contributed by atoms with Gasteiger partial charge >= 0.3 is 0 Å². The average Bonchev–Trinajstić information content (AvgIpc) is 3.62. The molecule has 0 saturated heterocycles. The Hall–Kier alpha value is -5.30. The molecule has 0 aliphatic carbocycles. The summed E-state index contributed by atoms with van der Waals surface area (Å²) in [4.78, 5) is 31.2. The molecule has 0 fully saturated rings. The van der Waals surface area contributed by atoms with Crippen molar-refractivity contribution in [2.75, 3.05) is 13.1 Å². The van der Waals surface area contributed by atoms with Crippen LogP contribution in [-0.4, -0.2) is 34.9 Å². The lowest BCUT2D eigenvalue weighted by molar-refractivity contribution is 0.0947. The van der Waals surface area contributed by atoms with Gasteiger partial charge in [-0.15, -0.1) is 0 Å². The second-order valence-corrected chi connectivity index (χ2v) is 9.84. The Bertz CT molecular complexity index is 1730. The van der Waals surface area contributed by atoms with Crippen LogP contribution in [0.1, 0.15) is 34.6 Å². The Morgan fingerprint density at radius 2 is 1.00 bits per heavy atom. The minimum Gasteiger partial charge on any atom is -0.457 e. The van der Waals surface area contributed by atoms with E-state index >= 15 is 0 Å². The maximum Gasteiger partial charge on any atom is 0.251 e. The topological polar surface area (TPSA) is 99.0 Å². The molecule has 7 nitrogen and oxygen atoms in total. The smallest absolute Gasteiger partial charge is 0.251 e. The lowest BCUT2D eigenvalue weighted by atomic mass is 10.1. The van der Waals surface area contributed by atoms with E-state index in [9.17, 15) is 9.59 Å². The molecule has 0 bridgehead atoms. The fraction of sp³-hybridized carbons (Fsp3) is 0.118. The quantitative estimate of drug-likeness (QED) is 0.163. The first kappa shape index (κ1) is 26.0. The van der Waals surface area contributed by atoms with Crippen molar-refractivity contribution in [2.45, 2.75) is 13.8 Å². The molecule has 0 spiro atoms. The molecule has 6 aromatic rings. The van der Waals surface area contributed by atoms with Gasteiger partial charge in [0.05, 0.1) is 0 Å². The highest BCUT2D eigenvalue weighted by molar-refractivity contribution is 5.99. The van der Waals surface area contributed by atoms with Crippen LogP contribution in [0.25, 0.3) is 44.3 Å². The van der Waals surface area contributed by atoms with E-state index in [2.05, 4.69) is 32.7 Å². The molecule has 6 rings (SSSR count). The number of benzene rings is 4. The Kier molecular flexibility index (Phi) is 7.00. The molecule has 0 saturated carbocycles. The van der Waals surface area contributed by atoms with E-state index in [1.165, 1.54) is 0 Å². The van der Waals surface area contributed by atoms with E-state index in [1.807, 2.05) is 98.8 Å². The standard InChI is InChI=1S/C34H30N4O3/c1-3-35-33(39)25-7-5-23-17-29(37-31(23)19-25)21-9-13-27(14-10-21)41-28-15-11-22(12-16-28)30-18-24-6-8-26(20-32(24)38-30)34(40)36-4-2/h5-20,37-38H,3-4H2,1-2H3,(H,35,39)(H,36,40). The first-order valence-corrected chi connectivity index (χ1v) is 13.7. The first-order valence-electron chi connectivity index (χ1n) is 13.7. The molecule has 4 aromatic carbocycles. The van der Waals surface area contributed by atoms with Crippen LogP contribution in [0.3, 0.4) is 0 Å². The lowest BCUT2D eigenvalue weighted by Gasteiger charge is -2.07. The van der Waals surface area contributed by atoms with Crippen molar-refractivity contribution in [3.05, 3.63) is 108 Å². The number of aromatic nitrogens is 2. The molecule has 2 aromatic heterocycles. The normalized spacial score (nSPS) is 11.1. The van der Waals surface area contributed by atoms with Gasteiger partial charge in [0, 0.05) is 57.4 Å². The van der Waals surface area contributed by atoms with Crippen LogP contribution in [0.5, 0.6) is 11.5 Å². The number of rotatable bonds is 8. The van der Waals surface area contributed by atoms with Gasteiger partial charge in [0.2, 0.25) is 0 Å². The van der Waals surface area contributed by atoms with Crippen LogP contribution in [0.2, 0.25) is 0 Å². The monoisotopic (exact) mass is 542 g/mol. The molecule has 2 amide bonds. The summed E-state index contributed by atoms with van der Waals surface area (Å²) in [5.41, 5.74) is 7.11. The first-order chi connectivity index (χ1) is 20.0. The third kappa shape index (κ3) is 5.43. The molecule has 4 N–H and O–H groups in total. The Morgan fingerprint density at radius 1 is 0.585 bits per heavy atom. The summed E-state index contributed by atoms with van der Waals surface area (Å²) in [7, 11) is 0. The van der Waals surface area contributed by atoms with Crippen molar-refractivity contribution < 1.29 is 14.3 Å². The predicted octanol–water partition coefficient (Wildman–Crippen LogP) is 7.27. The molecule has 7 heteroatoms. The van der Waals surface area contributed by atoms with Crippen LogP contribution in [0.4, 0.5) is 0 Å². The lowest BCUT2D eigenvalue weighted by Crippen LogP contribution is -2.22. The molecule has 204 valence electrons. The van der Waals surface area contributed by atoms with Crippen molar-refractivity contribution in [3.63, 3.8) is 0 Å². The van der Waals surface area contributed by atoms with Gasteiger partial charge in [0.1, 0.15) is 11.5 Å². The summed E-state index contributed by atoms with van der Waals surface area (Å²) in [6, 6.07) is 31.3. The molecule has 0 aliphatic heterocycles. The summed E-state index contributed by atoms with van der Waals surface area (Å²) >= 11 is 0. The summed E-state index contributed by atoms with van der Waals surface area (Å²) < 4.78 is 6.10. The number of hydrogen-bond acceptors (Lipinski definition) is 3. The zero-order valence-electron chi connectivity index (χ0n) is 22.9. The Labute approximate surface area is 237 Å². The zero-order valence-corrected chi connectivity index (χ0v) is 22.9. The molecule has 0 atom stereocenters. The fourth-order valence-corrected chi connectivity index (χ4v) is 4.91. The van der Waals surface area contributed by atoms with Crippen molar-refractivity contribution in [2.24, 2.45) is 0 Å². The maximum atomic E-state index is 12.2. The minimum atomic E-state index is -0.0757. The highest BCUT2D eigenvalue weighted by Gasteiger charge is 2.10. The van der Waals surface area contributed by atoms with Crippen molar-refractivity contribution >= 4 is 33.6 Å². The summed E-state index contributed by atoms with van der Waals surface area (Å²) in [5.74, 6) is 1.32. The number of carbonyl (C=O) groups is 2. The highest BCUT2D eigenvalue weighted by atomic mass is 16.5. The molecule has 41 heavy (non-hydrogen) atoms. The predicted molar refractivity (Wildman–Crippen MR) is 164 cm³/mol. The van der Waals surface area contributed by atoms with Crippen molar-refractivity contribution in [1.29, 1.82) is 0 Å². The van der Waals surface area contributed by atoms with Crippen LogP contribution < -0.4 is 15.4 Å². The third-order valence-electron chi connectivity index (χ3n) is 7.01. The van der Waals surface area contributed by atoms with Gasteiger partial charge in [-0.25, -0.2) is 0 Å². The van der Waals surface area contributed by atoms with E-state index in [0.717, 1.165) is 55.8 Å². The van der Waals surface area contributed by atoms with E-state index in [1.54, 1.807) is 0 Å². The van der Waals surface area contributed by atoms with Crippen LogP contribution >= 0.6 is 0 Å². The molecular formula is C34H30N4O3. The second-order valence-electron chi connectivity index (χ2n) is 9.84. The minimum absolute atomic E-state index is 0.0757. The maximum absolute atomic E-state index is 12.2. The largest absolute Gasteiger partial charge is 0.457 e. The SMILES string of the molecule is CCNC(=O)c1ccc2cc(-c3ccc(Oc4ccc(-c5cc6ccc(C(=O)NCC)cc6[nH]5)cc4)cc3)[nH]c2c1. The number of fused-ring (bicyclic) bond motifs is 2. The van der Waals surface area contributed by atoms with Gasteiger partial charge in [-0.2, -0.15) is 0 Å². The molecular weight excluding hydrogens is 512 g/mol. The van der Waals surface area contributed by atoms with Gasteiger partial charge in [-0.05, 0) is 110 Å². The van der Waals surface area contributed by atoms with Gasteiger partial charge < -0.3 is 25.3 Å². The highest BCUT2D eigenvalue weighted by Crippen LogP contribution is 2.30. The molecule has 2 heterocycles. The Morgan fingerprint density at radius 3 is 1.39 bits per heavy atom. The van der Waals surface area contributed by atoms with E-state index in [0.29, 0.717) is 24.2 Å².